The van der Waals surface area contributed by atoms with E-state index in [4.69, 9.17) is 20.0 Å². The zero-order valence-electron chi connectivity index (χ0n) is 23.3. The van der Waals surface area contributed by atoms with E-state index in [-0.39, 0.29) is 12.5 Å². The number of hydrogen-bond acceptors (Lipinski definition) is 6. The van der Waals surface area contributed by atoms with Crippen LogP contribution in [0.15, 0.2) is 47.6 Å². The minimum Gasteiger partial charge on any atom is -0.444 e. The van der Waals surface area contributed by atoms with Gasteiger partial charge in [0.1, 0.15) is 17.0 Å². The Morgan fingerprint density at radius 1 is 1.08 bits per heavy atom. The molecular formula is C28H38N6O4. The van der Waals surface area contributed by atoms with Crippen molar-refractivity contribution < 1.29 is 19.1 Å². The van der Waals surface area contributed by atoms with E-state index in [9.17, 15) is 9.59 Å². The van der Waals surface area contributed by atoms with Crippen LogP contribution >= 0.6 is 0 Å². The number of pyridine rings is 1. The molecule has 1 aliphatic heterocycles. The van der Waals surface area contributed by atoms with Crippen molar-refractivity contribution in [2.75, 3.05) is 18.0 Å². The molecule has 0 radical (unpaired) electrons. The van der Waals surface area contributed by atoms with Gasteiger partial charge in [0.2, 0.25) is 0 Å². The summed E-state index contributed by atoms with van der Waals surface area (Å²) in [5, 5.41) is 3.95. The summed E-state index contributed by atoms with van der Waals surface area (Å²) in [6.07, 6.45) is -0.463. The Balaban J connectivity index is 1.88. The molecule has 1 fully saturated rings. The van der Waals surface area contributed by atoms with Crippen molar-refractivity contribution in [2.45, 2.75) is 78.7 Å². The van der Waals surface area contributed by atoms with E-state index in [2.05, 4.69) is 10.0 Å². The lowest BCUT2D eigenvalue weighted by atomic mass is 9.97. The Kier molecular flexibility index (Phi) is 8.89. The zero-order chi connectivity index (χ0) is 28.1. The normalized spacial score (nSPS) is 17.5. The van der Waals surface area contributed by atoms with Gasteiger partial charge in [-0.15, -0.1) is 0 Å². The molecule has 1 saturated heterocycles. The maximum Gasteiger partial charge on any atom is 0.416 e. The average Bonchev–Trinajstić information content (AvgIpc) is 3.18. The van der Waals surface area contributed by atoms with E-state index in [0.29, 0.717) is 25.3 Å². The highest BCUT2D eigenvalue weighted by Gasteiger charge is 2.37. The van der Waals surface area contributed by atoms with Crippen LogP contribution in [0.1, 0.15) is 58.4 Å². The lowest BCUT2D eigenvalue weighted by Crippen LogP contribution is -2.37. The summed E-state index contributed by atoms with van der Waals surface area (Å²) >= 11 is 0. The summed E-state index contributed by atoms with van der Waals surface area (Å²) in [6, 6.07) is 13.0. The first-order valence-corrected chi connectivity index (χ1v) is 12.8. The van der Waals surface area contributed by atoms with Gasteiger partial charge in [0.25, 0.3) is 0 Å². The second kappa shape index (κ2) is 11.7. The van der Waals surface area contributed by atoms with Crippen LogP contribution in [0.5, 0.6) is 0 Å². The van der Waals surface area contributed by atoms with Gasteiger partial charge in [0.05, 0.1) is 12.6 Å². The van der Waals surface area contributed by atoms with Gasteiger partial charge >= 0.3 is 12.2 Å². The Hall–Kier alpha value is -3.78. The third-order valence-corrected chi connectivity index (χ3v) is 5.81. The Labute approximate surface area is 224 Å². The van der Waals surface area contributed by atoms with Crippen molar-refractivity contribution in [1.82, 2.24) is 9.88 Å². The van der Waals surface area contributed by atoms with E-state index < -0.39 is 29.4 Å². The number of likely N-dealkylation sites (tertiary alicyclic amines) is 1. The summed E-state index contributed by atoms with van der Waals surface area (Å²) < 4.78 is 11.2. The molecule has 204 valence electrons. The van der Waals surface area contributed by atoms with Crippen LogP contribution in [-0.2, 0) is 22.4 Å². The first-order chi connectivity index (χ1) is 17.7. The minimum absolute atomic E-state index is 0.148. The smallest absolute Gasteiger partial charge is 0.416 e. The van der Waals surface area contributed by atoms with Crippen LogP contribution in [0.2, 0.25) is 0 Å². The van der Waals surface area contributed by atoms with E-state index in [1.807, 2.05) is 90.9 Å². The maximum atomic E-state index is 13.3. The van der Waals surface area contributed by atoms with Crippen molar-refractivity contribution in [3.8, 4) is 0 Å². The van der Waals surface area contributed by atoms with Gasteiger partial charge in [-0.05, 0) is 89.6 Å². The number of hydrogen-bond donors (Lipinski definition) is 0. The molecule has 10 heteroatoms. The predicted molar refractivity (Wildman–Crippen MR) is 146 cm³/mol. The van der Waals surface area contributed by atoms with Gasteiger partial charge in [0.15, 0.2) is 0 Å². The molecule has 3 rings (SSSR count). The monoisotopic (exact) mass is 522 g/mol. The summed E-state index contributed by atoms with van der Waals surface area (Å²) in [4.78, 5) is 36.8. The topological polar surface area (TPSA) is 121 Å². The van der Waals surface area contributed by atoms with Gasteiger partial charge in [-0.1, -0.05) is 35.4 Å². The number of carbonyl (C=O) groups is 2. The van der Waals surface area contributed by atoms with Crippen molar-refractivity contribution in [3.05, 3.63) is 69.7 Å². The van der Waals surface area contributed by atoms with Crippen LogP contribution in [0.25, 0.3) is 10.4 Å². The van der Waals surface area contributed by atoms with Crippen LogP contribution in [0.4, 0.5) is 15.4 Å². The lowest BCUT2D eigenvalue weighted by Gasteiger charge is -2.27. The molecule has 0 spiro atoms. The molecule has 0 N–H and O–H groups in total. The van der Waals surface area contributed by atoms with Crippen LogP contribution in [0, 0.1) is 12.8 Å². The number of anilines is 1. The molecule has 2 amide bonds. The van der Waals surface area contributed by atoms with Crippen LogP contribution in [0.3, 0.4) is 0 Å². The van der Waals surface area contributed by atoms with Crippen molar-refractivity contribution >= 4 is 18.0 Å². The van der Waals surface area contributed by atoms with Crippen LogP contribution in [-0.4, -0.2) is 52.4 Å². The second-order valence-electron chi connectivity index (χ2n) is 11.7. The number of benzene rings is 1. The van der Waals surface area contributed by atoms with Gasteiger partial charge in [0, 0.05) is 23.7 Å². The molecule has 0 aliphatic carbocycles. The molecule has 1 aromatic heterocycles. The summed E-state index contributed by atoms with van der Waals surface area (Å²) in [5.74, 6) is 0.324. The second-order valence-corrected chi connectivity index (χ2v) is 11.7. The summed E-state index contributed by atoms with van der Waals surface area (Å²) in [6.45, 7) is 13.8. The van der Waals surface area contributed by atoms with E-state index in [0.717, 1.165) is 16.8 Å². The first-order valence-electron chi connectivity index (χ1n) is 12.8. The highest BCUT2D eigenvalue weighted by Crippen LogP contribution is 2.28. The van der Waals surface area contributed by atoms with Gasteiger partial charge in [-0.2, -0.15) is 0 Å². The standard InChI is InChI=1S/C28H38N6O4/c1-19-13-22(15-21-17-33(18-23(21)31-32-29)25(35)37-27(2,3)4)30-24(14-19)34(26(36)38-28(5,6)7)16-20-11-9-8-10-12-20/h8-14,21,23H,15-18H2,1-7H3. The number of amides is 2. The zero-order valence-corrected chi connectivity index (χ0v) is 23.3. The molecule has 1 aromatic carbocycles. The fourth-order valence-corrected chi connectivity index (χ4v) is 4.28. The molecule has 2 atom stereocenters. The molecular weight excluding hydrogens is 484 g/mol. The first kappa shape index (κ1) is 28.8. The molecule has 10 nitrogen and oxygen atoms in total. The van der Waals surface area contributed by atoms with Crippen molar-refractivity contribution in [1.29, 1.82) is 0 Å². The molecule has 2 heterocycles. The number of carbonyl (C=O) groups excluding carboxylic acids is 2. The number of aryl methyl sites for hydroxylation is 1. The van der Waals surface area contributed by atoms with E-state index in [1.165, 1.54) is 4.90 Å². The molecule has 0 saturated carbocycles. The van der Waals surface area contributed by atoms with Crippen LogP contribution < -0.4 is 4.90 Å². The molecule has 2 unspecified atom stereocenters. The highest BCUT2D eigenvalue weighted by atomic mass is 16.6. The maximum absolute atomic E-state index is 13.3. The number of nitrogens with zero attached hydrogens (tertiary/aromatic N) is 6. The molecule has 38 heavy (non-hydrogen) atoms. The molecule has 2 aromatic rings. The average molecular weight is 523 g/mol. The highest BCUT2D eigenvalue weighted by molar-refractivity contribution is 5.86. The fraction of sp³-hybridized carbons (Fsp3) is 0.536. The molecule has 0 bridgehead atoms. The van der Waals surface area contributed by atoms with E-state index in [1.54, 1.807) is 4.90 Å². The summed E-state index contributed by atoms with van der Waals surface area (Å²) in [7, 11) is 0. The Bertz CT molecular complexity index is 1180. The number of rotatable bonds is 6. The minimum atomic E-state index is -0.670. The quantitative estimate of drug-likeness (QED) is 0.246. The third kappa shape index (κ3) is 8.38. The molecule has 1 aliphatic rings. The predicted octanol–water partition coefficient (Wildman–Crippen LogP) is 6.42. The lowest BCUT2D eigenvalue weighted by molar-refractivity contribution is 0.0286. The Morgan fingerprint density at radius 2 is 1.74 bits per heavy atom. The third-order valence-electron chi connectivity index (χ3n) is 5.81. The van der Waals surface area contributed by atoms with Gasteiger partial charge in [-0.25, -0.2) is 14.6 Å². The van der Waals surface area contributed by atoms with Crippen molar-refractivity contribution in [3.63, 3.8) is 0 Å². The number of aromatic nitrogens is 1. The fourth-order valence-electron chi connectivity index (χ4n) is 4.28. The number of azide groups is 1. The van der Waals surface area contributed by atoms with Gasteiger partial charge < -0.3 is 14.4 Å². The largest absolute Gasteiger partial charge is 0.444 e. The SMILES string of the molecule is Cc1cc(CC2CN(C(=O)OC(C)(C)C)CC2N=[N+]=[N-])nc(N(Cc2ccccc2)C(=O)OC(C)(C)C)c1. The van der Waals surface area contributed by atoms with Gasteiger partial charge in [-0.3, -0.25) is 4.90 Å². The van der Waals surface area contributed by atoms with Crippen molar-refractivity contribution in [2.24, 2.45) is 11.0 Å². The van der Waals surface area contributed by atoms with E-state index >= 15 is 0 Å². The number of ether oxygens (including phenoxy) is 2. The Morgan fingerprint density at radius 3 is 2.34 bits per heavy atom. The summed E-state index contributed by atoms with van der Waals surface area (Å²) in [5.41, 5.74) is 10.4.